The van der Waals surface area contributed by atoms with Crippen molar-refractivity contribution in [2.45, 2.75) is 70.0 Å². The fraction of sp³-hybridized carbons (Fsp3) is 0.684. The summed E-state index contributed by atoms with van der Waals surface area (Å²) < 4.78 is 42.4. The largest absolute Gasteiger partial charge is 0.508 e. The van der Waals surface area contributed by atoms with Crippen molar-refractivity contribution in [3.05, 3.63) is 33.1 Å². The number of aliphatic hydroxyl groups excluding tert-OH is 2. The lowest BCUT2D eigenvalue weighted by atomic mass is 9.93. The molecule has 210 valence electrons. The molecule has 37 heavy (non-hydrogen) atoms. The molecule has 17 nitrogen and oxygen atoms in total. The Morgan fingerprint density at radius 3 is 2.00 bits per heavy atom. The molecule has 0 bridgehead atoms. The number of carbonyl (C=O) groups excluding carboxylic acids is 2. The first-order valence-corrected chi connectivity index (χ1v) is 12.3. The van der Waals surface area contributed by atoms with E-state index in [1.807, 2.05) is 4.98 Å². The number of H-pyrrole nitrogens is 1. The number of phosphoric acid groups is 1. The molecule has 2 heterocycles. The number of hydrogen-bond donors (Lipinski definition) is 5. The third-order valence-corrected chi connectivity index (χ3v) is 5.32. The molecule has 1 aliphatic heterocycles. The van der Waals surface area contributed by atoms with Gasteiger partial charge < -0.3 is 43.7 Å². The third kappa shape index (κ3) is 8.36. The molecule has 1 aromatic heterocycles. The van der Waals surface area contributed by atoms with Crippen molar-refractivity contribution in [3.63, 3.8) is 0 Å². The van der Waals surface area contributed by atoms with Crippen LogP contribution >= 0.6 is 7.82 Å². The second-order valence-electron chi connectivity index (χ2n) is 8.50. The molecule has 4 atom stereocenters. The SMILES string of the molecule is CC(C)OC(=O)OCC(COC(=O)OC(C)C)(OP(=O)(O)O)[C@@H]1O[C@H](n2ccc(=O)[nH]c2=O)C(O)C1O. The van der Waals surface area contributed by atoms with Gasteiger partial charge in [-0.25, -0.2) is 18.9 Å². The Morgan fingerprint density at radius 2 is 1.57 bits per heavy atom. The molecular formula is C19H29N2O15P. The molecule has 2 unspecified atom stereocenters. The topological polar surface area (TPSA) is 242 Å². The van der Waals surface area contributed by atoms with E-state index in [2.05, 4.69) is 0 Å². The molecule has 0 spiro atoms. The fourth-order valence-electron chi connectivity index (χ4n) is 3.31. The minimum absolute atomic E-state index is 0.659. The van der Waals surface area contributed by atoms with Gasteiger partial charge in [0.2, 0.25) is 0 Å². The van der Waals surface area contributed by atoms with E-state index >= 15 is 0 Å². The summed E-state index contributed by atoms with van der Waals surface area (Å²) in [6.07, 6.45) is -10.8. The molecular weight excluding hydrogens is 527 g/mol. The van der Waals surface area contributed by atoms with Crippen LogP contribution in [0.5, 0.6) is 0 Å². The minimum atomic E-state index is -5.52. The lowest BCUT2D eigenvalue weighted by molar-refractivity contribution is -0.175. The quantitative estimate of drug-likeness (QED) is 0.174. The zero-order valence-corrected chi connectivity index (χ0v) is 21.1. The van der Waals surface area contributed by atoms with Crippen LogP contribution in [0.25, 0.3) is 0 Å². The van der Waals surface area contributed by atoms with E-state index in [4.69, 9.17) is 28.2 Å². The number of aromatic nitrogens is 2. The van der Waals surface area contributed by atoms with E-state index in [1.54, 1.807) is 0 Å². The van der Waals surface area contributed by atoms with Crippen molar-refractivity contribution >= 4 is 20.1 Å². The van der Waals surface area contributed by atoms with Gasteiger partial charge in [-0.15, -0.1) is 0 Å². The first kappa shape index (κ1) is 30.4. The lowest BCUT2D eigenvalue weighted by Gasteiger charge is -2.37. The van der Waals surface area contributed by atoms with E-state index in [1.165, 1.54) is 27.7 Å². The number of nitrogens with one attached hydrogen (secondary N) is 1. The summed E-state index contributed by atoms with van der Waals surface area (Å²) in [4.78, 5) is 68.7. The Bertz CT molecular complexity index is 1080. The van der Waals surface area contributed by atoms with Crippen molar-refractivity contribution < 1.29 is 62.4 Å². The Morgan fingerprint density at radius 1 is 1.05 bits per heavy atom. The maximum absolute atomic E-state index is 12.2. The highest BCUT2D eigenvalue weighted by atomic mass is 31.2. The number of aliphatic hydroxyl groups is 2. The van der Waals surface area contributed by atoms with Gasteiger partial charge in [0.25, 0.3) is 5.56 Å². The van der Waals surface area contributed by atoms with Crippen LogP contribution in [-0.4, -0.2) is 91.2 Å². The Kier molecular flexibility index (Phi) is 10.0. The molecule has 0 radical (unpaired) electrons. The van der Waals surface area contributed by atoms with Crippen LogP contribution in [0.15, 0.2) is 21.9 Å². The van der Waals surface area contributed by atoms with Gasteiger partial charge in [-0.3, -0.25) is 18.9 Å². The highest BCUT2D eigenvalue weighted by Crippen LogP contribution is 2.47. The average molecular weight is 556 g/mol. The van der Waals surface area contributed by atoms with E-state index in [-0.39, 0.29) is 0 Å². The van der Waals surface area contributed by atoms with Crippen LogP contribution in [0, 0.1) is 0 Å². The second-order valence-corrected chi connectivity index (χ2v) is 9.67. The van der Waals surface area contributed by atoms with Gasteiger partial charge >= 0.3 is 25.8 Å². The van der Waals surface area contributed by atoms with Crippen LogP contribution in [0.3, 0.4) is 0 Å². The Labute approximate surface area is 209 Å². The van der Waals surface area contributed by atoms with Gasteiger partial charge in [-0.05, 0) is 27.7 Å². The molecule has 0 aliphatic carbocycles. The van der Waals surface area contributed by atoms with Gasteiger partial charge in [0.05, 0.1) is 12.2 Å². The number of nitrogens with zero attached hydrogens (tertiary/aromatic N) is 1. The van der Waals surface area contributed by atoms with Gasteiger partial charge in [-0.2, -0.15) is 0 Å². The summed E-state index contributed by atoms with van der Waals surface area (Å²) >= 11 is 0. The first-order valence-electron chi connectivity index (χ1n) is 10.8. The average Bonchev–Trinajstić information content (AvgIpc) is 3.03. The van der Waals surface area contributed by atoms with Crippen molar-refractivity contribution in [3.8, 4) is 0 Å². The number of ether oxygens (including phenoxy) is 5. The minimum Gasteiger partial charge on any atom is -0.432 e. The number of hydrogen-bond acceptors (Lipinski definition) is 13. The van der Waals surface area contributed by atoms with Gasteiger partial charge in [0, 0.05) is 12.3 Å². The highest BCUT2D eigenvalue weighted by molar-refractivity contribution is 7.46. The van der Waals surface area contributed by atoms with E-state index in [0.717, 1.165) is 12.3 Å². The molecule has 1 aromatic rings. The Hall–Kier alpha value is -2.79. The van der Waals surface area contributed by atoms with Crippen molar-refractivity contribution in [1.82, 2.24) is 9.55 Å². The second kappa shape index (κ2) is 12.2. The normalized spacial score (nSPS) is 22.2. The predicted octanol–water partition coefficient (Wildman–Crippen LogP) is -0.873. The monoisotopic (exact) mass is 556 g/mol. The molecule has 1 aliphatic rings. The predicted molar refractivity (Wildman–Crippen MR) is 118 cm³/mol. The number of carbonyl (C=O) groups is 2. The molecule has 0 amide bonds. The molecule has 1 fully saturated rings. The molecule has 5 N–H and O–H groups in total. The zero-order valence-electron chi connectivity index (χ0n) is 20.2. The van der Waals surface area contributed by atoms with Crippen LogP contribution in [0.2, 0.25) is 0 Å². The summed E-state index contributed by atoms with van der Waals surface area (Å²) in [5, 5.41) is 21.3. The molecule has 0 aromatic carbocycles. The first-order chi connectivity index (χ1) is 17.0. The smallest absolute Gasteiger partial charge is 0.432 e. The highest BCUT2D eigenvalue weighted by Gasteiger charge is 2.59. The molecule has 2 rings (SSSR count). The summed E-state index contributed by atoms with van der Waals surface area (Å²) in [5.74, 6) is 0. The maximum atomic E-state index is 12.2. The van der Waals surface area contributed by atoms with Gasteiger partial charge in [0.15, 0.2) is 11.8 Å². The zero-order chi connectivity index (χ0) is 28.1. The lowest BCUT2D eigenvalue weighted by Crippen LogP contribution is -2.57. The Balaban J connectivity index is 2.51. The molecule has 0 saturated carbocycles. The standard InChI is InChI=1S/C19H29N2O15P/c1-9(2)33-17(26)31-7-19(36-37(28,29)30,8-32-18(27)34-10(3)4)14-12(23)13(24)15(35-14)21-6-5-11(22)20-16(21)25/h5-6,9-10,12-15,23-24H,7-8H2,1-4H3,(H,20,22,25)(H2,28,29,30)/t12?,13?,14-,15+/m1/s1. The third-order valence-electron chi connectivity index (χ3n) is 4.72. The van der Waals surface area contributed by atoms with Gasteiger partial charge in [-0.1, -0.05) is 0 Å². The van der Waals surface area contributed by atoms with Crippen LogP contribution in [-0.2, 0) is 32.8 Å². The van der Waals surface area contributed by atoms with E-state index < -0.39 is 86.9 Å². The van der Waals surface area contributed by atoms with E-state index in [9.17, 15) is 43.7 Å². The van der Waals surface area contributed by atoms with Crippen molar-refractivity contribution in [1.29, 1.82) is 0 Å². The summed E-state index contributed by atoms with van der Waals surface area (Å²) in [5.41, 5.74) is -4.51. The van der Waals surface area contributed by atoms with Crippen LogP contribution in [0.4, 0.5) is 9.59 Å². The summed E-state index contributed by atoms with van der Waals surface area (Å²) in [6.45, 7) is 3.66. The fourth-order valence-corrected chi connectivity index (χ4v) is 4.00. The maximum Gasteiger partial charge on any atom is 0.508 e. The summed E-state index contributed by atoms with van der Waals surface area (Å²) in [7, 11) is -5.52. The number of rotatable bonds is 10. The molecule has 18 heteroatoms. The van der Waals surface area contributed by atoms with E-state index in [0.29, 0.717) is 4.57 Å². The molecule has 1 saturated heterocycles. The van der Waals surface area contributed by atoms with Crippen LogP contribution < -0.4 is 11.2 Å². The van der Waals surface area contributed by atoms with Crippen LogP contribution in [0.1, 0.15) is 33.9 Å². The van der Waals surface area contributed by atoms with Gasteiger partial charge in [0.1, 0.15) is 31.5 Å². The van der Waals surface area contributed by atoms with Crippen molar-refractivity contribution in [2.24, 2.45) is 0 Å². The van der Waals surface area contributed by atoms with Crippen molar-refractivity contribution in [2.75, 3.05) is 13.2 Å². The summed E-state index contributed by atoms with van der Waals surface area (Å²) in [6, 6.07) is 0.909. The number of phosphoric ester groups is 1. The number of aromatic amines is 1.